The molecule has 5 nitrogen and oxygen atoms in total. The molecule has 1 aliphatic heterocycles. The molecule has 0 saturated carbocycles. The zero-order valence-corrected chi connectivity index (χ0v) is 11.4. The van der Waals surface area contributed by atoms with Crippen molar-refractivity contribution in [2.75, 3.05) is 38.3 Å². The van der Waals surface area contributed by atoms with Crippen LogP contribution >= 0.6 is 0 Å². The van der Waals surface area contributed by atoms with Crippen molar-refractivity contribution in [3.63, 3.8) is 0 Å². The maximum absolute atomic E-state index is 11.4. The van der Waals surface area contributed by atoms with Gasteiger partial charge in [0.05, 0.1) is 13.2 Å². The molecule has 1 aromatic carbocycles. The molecule has 0 unspecified atom stereocenters. The summed E-state index contributed by atoms with van der Waals surface area (Å²) in [4.78, 5) is 13.7. The van der Waals surface area contributed by atoms with Crippen molar-refractivity contribution >= 4 is 17.7 Å². The second kappa shape index (κ2) is 6.73. The SMILES string of the molecule is CNC(=O)/C(C#N)=C/c1ccc(N2CCOCC2)cc1. The number of benzene rings is 1. The Labute approximate surface area is 118 Å². The minimum Gasteiger partial charge on any atom is -0.378 e. The number of rotatable bonds is 3. The van der Waals surface area contributed by atoms with Gasteiger partial charge in [-0.15, -0.1) is 0 Å². The van der Waals surface area contributed by atoms with E-state index in [4.69, 9.17) is 10.00 Å². The summed E-state index contributed by atoms with van der Waals surface area (Å²) < 4.78 is 5.32. The molecule has 5 heteroatoms. The van der Waals surface area contributed by atoms with E-state index in [0.29, 0.717) is 0 Å². The van der Waals surface area contributed by atoms with E-state index in [9.17, 15) is 4.79 Å². The van der Waals surface area contributed by atoms with Crippen LogP contribution in [-0.2, 0) is 9.53 Å². The molecular weight excluding hydrogens is 254 g/mol. The largest absolute Gasteiger partial charge is 0.378 e. The zero-order valence-electron chi connectivity index (χ0n) is 11.4. The summed E-state index contributed by atoms with van der Waals surface area (Å²) >= 11 is 0. The van der Waals surface area contributed by atoms with Gasteiger partial charge in [0.15, 0.2) is 0 Å². The van der Waals surface area contributed by atoms with Crippen molar-refractivity contribution in [2.45, 2.75) is 0 Å². The van der Waals surface area contributed by atoms with Crippen LogP contribution in [0.25, 0.3) is 6.08 Å². The van der Waals surface area contributed by atoms with Crippen LogP contribution in [-0.4, -0.2) is 39.3 Å². The van der Waals surface area contributed by atoms with Gasteiger partial charge in [-0.3, -0.25) is 4.79 Å². The topological polar surface area (TPSA) is 65.4 Å². The first kappa shape index (κ1) is 14.1. The normalized spacial score (nSPS) is 15.6. The molecule has 104 valence electrons. The lowest BCUT2D eigenvalue weighted by atomic mass is 10.1. The Hall–Kier alpha value is -2.32. The highest BCUT2D eigenvalue weighted by molar-refractivity contribution is 6.01. The molecule has 0 radical (unpaired) electrons. The van der Waals surface area contributed by atoms with Gasteiger partial charge in [0.1, 0.15) is 11.6 Å². The standard InChI is InChI=1S/C15H17N3O2/c1-17-15(19)13(11-16)10-12-2-4-14(5-3-12)18-6-8-20-9-7-18/h2-5,10H,6-9H2,1H3,(H,17,19)/b13-10+. The van der Waals surface area contributed by atoms with E-state index in [1.54, 1.807) is 6.08 Å². The minimum atomic E-state index is -0.371. The van der Waals surface area contributed by atoms with Crippen LogP contribution < -0.4 is 10.2 Å². The van der Waals surface area contributed by atoms with E-state index >= 15 is 0 Å². The van der Waals surface area contributed by atoms with Crippen molar-refractivity contribution in [1.29, 1.82) is 5.26 Å². The predicted octanol–water partition coefficient (Wildman–Crippen LogP) is 1.18. The highest BCUT2D eigenvalue weighted by atomic mass is 16.5. The molecule has 0 aromatic heterocycles. The van der Waals surface area contributed by atoms with Crippen LogP contribution in [0.3, 0.4) is 0 Å². The Kier molecular flexibility index (Phi) is 4.75. The van der Waals surface area contributed by atoms with E-state index < -0.39 is 0 Å². The molecule has 20 heavy (non-hydrogen) atoms. The first-order chi connectivity index (χ1) is 9.74. The van der Waals surface area contributed by atoms with Gasteiger partial charge in [-0.25, -0.2) is 0 Å². The third kappa shape index (κ3) is 3.37. The van der Waals surface area contributed by atoms with E-state index in [-0.39, 0.29) is 11.5 Å². The first-order valence-corrected chi connectivity index (χ1v) is 6.51. The lowest BCUT2D eigenvalue weighted by Gasteiger charge is -2.28. The molecule has 0 spiro atoms. The first-order valence-electron chi connectivity index (χ1n) is 6.51. The van der Waals surface area contributed by atoms with Crippen molar-refractivity contribution in [3.05, 3.63) is 35.4 Å². The van der Waals surface area contributed by atoms with Crippen LogP contribution in [0.2, 0.25) is 0 Å². The average Bonchev–Trinajstić information content (AvgIpc) is 2.53. The molecule has 1 heterocycles. The van der Waals surface area contributed by atoms with Crippen LogP contribution in [0.5, 0.6) is 0 Å². The zero-order chi connectivity index (χ0) is 14.4. The molecule has 1 aliphatic rings. The fraction of sp³-hybridized carbons (Fsp3) is 0.333. The van der Waals surface area contributed by atoms with Crippen LogP contribution in [0, 0.1) is 11.3 Å². The van der Waals surface area contributed by atoms with Gasteiger partial charge in [0, 0.05) is 25.8 Å². The number of nitrogens with zero attached hydrogens (tertiary/aromatic N) is 2. The van der Waals surface area contributed by atoms with Gasteiger partial charge in [0.25, 0.3) is 5.91 Å². The van der Waals surface area contributed by atoms with E-state index in [1.807, 2.05) is 30.3 Å². The monoisotopic (exact) mass is 271 g/mol. The van der Waals surface area contributed by atoms with Crippen molar-refractivity contribution in [2.24, 2.45) is 0 Å². The molecule has 0 bridgehead atoms. The van der Waals surface area contributed by atoms with E-state index in [0.717, 1.165) is 37.6 Å². The lowest BCUT2D eigenvalue weighted by Crippen LogP contribution is -2.36. The van der Waals surface area contributed by atoms with Crippen molar-refractivity contribution in [1.82, 2.24) is 5.32 Å². The second-order valence-corrected chi connectivity index (χ2v) is 4.44. The Morgan fingerprint density at radius 2 is 2.00 bits per heavy atom. The summed E-state index contributed by atoms with van der Waals surface area (Å²) in [5, 5.41) is 11.4. The Balaban J connectivity index is 2.13. The second-order valence-electron chi connectivity index (χ2n) is 4.44. The summed E-state index contributed by atoms with van der Waals surface area (Å²) in [7, 11) is 1.51. The quantitative estimate of drug-likeness (QED) is 0.662. The van der Waals surface area contributed by atoms with Gasteiger partial charge in [-0.05, 0) is 23.8 Å². The highest BCUT2D eigenvalue weighted by Crippen LogP contribution is 2.18. The Morgan fingerprint density at radius 1 is 1.35 bits per heavy atom. The number of morpholine rings is 1. The number of anilines is 1. The maximum atomic E-state index is 11.4. The van der Waals surface area contributed by atoms with Crippen LogP contribution in [0.1, 0.15) is 5.56 Å². The molecule has 0 atom stereocenters. The summed E-state index contributed by atoms with van der Waals surface area (Å²) in [6.45, 7) is 3.27. The van der Waals surface area contributed by atoms with Gasteiger partial charge in [-0.1, -0.05) is 12.1 Å². The molecule has 1 N–H and O–H groups in total. The number of likely N-dealkylation sites (N-methyl/N-ethyl adjacent to an activating group) is 1. The lowest BCUT2D eigenvalue weighted by molar-refractivity contribution is -0.116. The van der Waals surface area contributed by atoms with Crippen molar-refractivity contribution < 1.29 is 9.53 Å². The number of amides is 1. The number of ether oxygens (including phenoxy) is 1. The van der Waals surface area contributed by atoms with Gasteiger partial charge >= 0.3 is 0 Å². The van der Waals surface area contributed by atoms with Crippen LogP contribution in [0.15, 0.2) is 29.8 Å². The highest BCUT2D eigenvalue weighted by Gasteiger charge is 2.11. The van der Waals surface area contributed by atoms with Crippen LogP contribution in [0.4, 0.5) is 5.69 Å². The molecular formula is C15H17N3O2. The fourth-order valence-electron chi connectivity index (χ4n) is 2.05. The summed E-state index contributed by atoms with van der Waals surface area (Å²) in [5.74, 6) is -0.371. The number of carbonyl (C=O) groups is 1. The third-order valence-corrected chi connectivity index (χ3v) is 3.17. The maximum Gasteiger partial charge on any atom is 0.261 e. The molecule has 2 rings (SSSR count). The average molecular weight is 271 g/mol. The minimum absolute atomic E-state index is 0.103. The number of carbonyl (C=O) groups excluding carboxylic acids is 1. The predicted molar refractivity (Wildman–Crippen MR) is 77.1 cm³/mol. The molecule has 0 aliphatic carbocycles. The Bertz CT molecular complexity index is 537. The molecule has 1 fully saturated rings. The molecule has 1 saturated heterocycles. The smallest absolute Gasteiger partial charge is 0.261 e. The fourth-order valence-corrected chi connectivity index (χ4v) is 2.05. The number of hydrogen-bond donors (Lipinski definition) is 1. The molecule has 1 aromatic rings. The van der Waals surface area contributed by atoms with E-state index in [1.165, 1.54) is 7.05 Å². The number of hydrogen-bond acceptors (Lipinski definition) is 4. The van der Waals surface area contributed by atoms with E-state index in [2.05, 4.69) is 10.2 Å². The number of nitrogens with one attached hydrogen (secondary N) is 1. The van der Waals surface area contributed by atoms with Crippen molar-refractivity contribution in [3.8, 4) is 6.07 Å². The van der Waals surface area contributed by atoms with Gasteiger partial charge in [0.2, 0.25) is 0 Å². The number of nitriles is 1. The van der Waals surface area contributed by atoms with Gasteiger partial charge in [-0.2, -0.15) is 5.26 Å². The summed E-state index contributed by atoms with van der Waals surface area (Å²) in [6, 6.07) is 9.71. The van der Waals surface area contributed by atoms with Gasteiger partial charge < -0.3 is 15.0 Å². The summed E-state index contributed by atoms with van der Waals surface area (Å²) in [6.07, 6.45) is 1.59. The third-order valence-electron chi connectivity index (χ3n) is 3.17. The summed E-state index contributed by atoms with van der Waals surface area (Å²) in [5.41, 5.74) is 2.07. The Morgan fingerprint density at radius 3 is 2.55 bits per heavy atom. The molecule has 1 amide bonds.